The Kier molecular flexibility index (Phi) is 9.91. The molecule has 0 radical (unpaired) electrons. The first-order chi connectivity index (χ1) is 13.8. The molecular weight excluding hydrogens is 362 g/mol. The highest BCUT2D eigenvalue weighted by Crippen LogP contribution is 2.48. The van der Waals surface area contributed by atoms with Crippen molar-refractivity contribution in [3.63, 3.8) is 0 Å². The summed E-state index contributed by atoms with van der Waals surface area (Å²) in [5.74, 6) is 1.85. The van der Waals surface area contributed by atoms with Gasteiger partial charge in [-0.3, -0.25) is 4.79 Å². The maximum Gasteiger partial charge on any atom is 0.222 e. The molecule has 2 N–H and O–H groups in total. The molecule has 2 aliphatic carbocycles. The summed E-state index contributed by atoms with van der Waals surface area (Å²) in [5, 5.41) is 20.9. The molecule has 1 amide bonds. The zero-order valence-corrected chi connectivity index (χ0v) is 19.0. The Morgan fingerprint density at radius 2 is 2.07 bits per heavy atom. The Bertz CT molecular complexity index is 568. The molecule has 0 aromatic heterocycles. The van der Waals surface area contributed by atoms with Crippen molar-refractivity contribution in [3.05, 3.63) is 23.8 Å². The largest absolute Gasteiger partial charge is 0.392 e. The topological polar surface area (TPSA) is 60.8 Å². The van der Waals surface area contributed by atoms with Crippen LogP contribution in [0.2, 0.25) is 0 Å². The lowest BCUT2D eigenvalue weighted by Crippen LogP contribution is -2.21. The van der Waals surface area contributed by atoms with Crippen LogP contribution in [0.15, 0.2) is 23.8 Å². The molecule has 0 heterocycles. The van der Waals surface area contributed by atoms with Crippen molar-refractivity contribution in [1.29, 1.82) is 0 Å². The first-order valence-electron chi connectivity index (χ1n) is 11.8. The minimum Gasteiger partial charge on any atom is -0.392 e. The predicted molar refractivity (Wildman–Crippen MR) is 119 cm³/mol. The molecule has 1 saturated carbocycles. The second-order valence-electron chi connectivity index (χ2n) is 9.67. The standard InChI is InChI=1S/C25H43NO3/c1-5-6-9-18(2)14-21(27)12-13-22-23-16-19(15-20(23)17-24(22)28)10-7-8-11-25(29)26(3)4/h12-13,15,18,20-24,27-28H,5-11,14,16-17H2,1-4H3/b13-12+/t18-,20-,21+,22+,23-,24+/m0/s1. The number of unbranched alkanes of at least 4 members (excludes halogenated alkanes) is 2. The summed E-state index contributed by atoms with van der Waals surface area (Å²) in [7, 11) is 3.62. The van der Waals surface area contributed by atoms with Gasteiger partial charge in [-0.2, -0.15) is 0 Å². The maximum absolute atomic E-state index is 11.7. The van der Waals surface area contributed by atoms with Crippen molar-refractivity contribution in [2.75, 3.05) is 14.1 Å². The number of rotatable bonds is 12. The van der Waals surface area contributed by atoms with E-state index >= 15 is 0 Å². The summed E-state index contributed by atoms with van der Waals surface area (Å²) < 4.78 is 0. The van der Waals surface area contributed by atoms with Gasteiger partial charge in [-0.05, 0) is 56.3 Å². The molecule has 0 bridgehead atoms. The van der Waals surface area contributed by atoms with Crippen molar-refractivity contribution in [2.45, 2.75) is 90.3 Å². The molecule has 0 saturated heterocycles. The second-order valence-corrected chi connectivity index (χ2v) is 9.67. The van der Waals surface area contributed by atoms with Crippen LogP contribution in [0.4, 0.5) is 0 Å². The van der Waals surface area contributed by atoms with Crippen molar-refractivity contribution >= 4 is 5.91 Å². The minimum atomic E-state index is -0.406. The zero-order chi connectivity index (χ0) is 21.4. The van der Waals surface area contributed by atoms with Gasteiger partial charge in [-0.15, -0.1) is 0 Å². The molecule has 4 nitrogen and oxygen atoms in total. The monoisotopic (exact) mass is 405 g/mol. The number of allylic oxidation sites excluding steroid dienone is 2. The van der Waals surface area contributed by atoms with E-state index in [1.54, 1.807) is 4.90 Å². The van der Waals surface area contributed by atoms with E-state index in [9.17, 15) is 15.0 Å². The van der Waals surface area contributed by atoms with E-state index in [0.717, 1.165) is 38.5 Å². The smallest absolute Gasteiger partial charge is 0.222 e. The fraction of sp³-hybridized carbons (Fsp3) is 0.800. The SMILES string of the molecule is CCCC[C@H](C)C[C@H](O)/C=C/[C@@H]1[C@H]2CC(CCCCC(=O)N(C)C)=C[C@H]2C[C@H]1O. The number of hydrogen-bond acceptors (Lipinski definition) is 3. The van der Waals surface area contributed by atoms with Gasteiger partial charge < -0.3 is 15.1 Å². The minimum absolute atomic E-state index is 0.157. The van der Waals surface area contributed by atoms with E-state index in [2.05, 4.69) is 26.0 Å². The molecule has 2 aliphatic rings. The van der Waals surface area contributed by atoms with Gasteiger partial charge in [0.2, 0.25) is 5.91 Å². The first-order valence-corrected chi connectivity index (χ1v) is 11.8. The van der Waals surface area contributed by atoms with E-state index in [4.69, 9.17) is 0 Å². The van der Waals surface area contributed by atoms with Crippen molar-refractivity contribution in [3.8, 4) is 0 Å². The molecule has 0 aromatic carbocycles. The van der Waals surface area contributed by atoms with Crippen molar-refractivity contribution in [1.82, 2.24) is 4.90 Å². The van der Waals surface area contributed by atoms with Gasteiger partial charge in [-0.25, -0.2) is 0 Å². The highest BCUT2D eigenvalue weighted by molar-refractivity contribution is 5.75. The van der Waals surface area contributed by atoms with E-state index in [1.807, 2.05) is 20.2 Å². The lowest BCUT2D eigenvalue weighted by Gasteiger charge is -2.19. The fourth-order valence-electron chi connectivity index (χ4n) is 5.06. The molecule has 6 atom stereocenters. The average Bonchev–Trinajstić information content (AvgIpc) is 3.17. The number of hydrogen-bond donors (Lipinski definition) is 2. The lowest BCUT2D eigenvalue weighted by atomic mass is 9.88. The van der Waals surface area contributed by atoms with Gasteiger partial charge >= 0.3 is 0 Å². The Labute approximate surface area is 178 Å². The van der Waals surface area contributed by atoms with E-state index in [1.165, 1.54) is 24.8 Å². The molecule has 1 fully saturated rings. The van der Waals surface area contributed by atoms with E-state index < -0.39 is 6.10 Å². The first kappa shape index (κ1) is 24.1. The van der Waals surface area contributed by atoms with Crippen LogP contribution in [0.5, 0.6) is 0 Å². The Morgan fingerprint density at radius 1 is 1.31 bits per heavy atom. The normalized spacial score (nSPS) is 28.4. The number of amides is 1. The number of carbonyl (C=O) groups is 1. The summed E-state index contributed by atoms with van der Waals surface area (Å²) in [5.41, 5.74) is 1.50. The molecule has 0 unspecified atom stereocenters. The highest BCUT2D eigenvalue weighted by atomic mass is 16.3. The van der Waals surface area contributed by atoms with Gasteiger partial charge in [0.25, 0.3) is 0 Å². The summed E-state index contributed by atoms with van der Waals surface area (Å²) in [6, 6.07) is 0. The number of fused-ring (bicyclic) bond motifs is 1. The van der Waals surface area contributed by atoms with Crippen molar-refractivity contribution < 1.29 is 15.0 Å². The second kappa shape index (κ2) is 11.9. The maximum atomic E-state index is 11.7. The third-order valence-electron chi connectivity index (χ3n) is 6.84. The number of carbonyl (C=O) groups excluding carboxylic acids is 1. The Balaban J connectivity index is 1.77. The van der Waals surface area contributed by atoms with Gasteiger partial charge in [0.1, 0.15) is 0 Å². The van der Waals surface area contributed by atoms with Crippen molar-refractivity contribution in [2.24, 2.45) is 23.7 Å². The van der Waals surface area contributed by atoms with Crippen LogP contribution >= 0.6 is 0 Å². The average molecular weight is 406 g/mol. The lowest BCUT2D eigenvalue weighted by molar-refractivity contribution is -0.128. The van der Waals surface area contributed by atoms with E-state index in [0.29, 0.717) is 24.2 Å². The number of aliphatic hydroxyl groups is 2. The molecule has 4 heteroatoms. The summed E-state index contributed by atoms with van der Waals surface area (Å²) in [6.45, 7) is 4.42. The molecule has 2 rings (SSSR count). The van der Waals surface area contributed by atoms with Crippen LogP contribution in [0.25, 0.3) is 0 Å². The Morgan fingerprint density at radius 3 is 2.76 bits per heavy atom. The molecule has 0 aromatic rings. The summed E-state index contributed by atoms with van der Waals surface area (Å²) >= 11 is 0. The van der Waals surface area contributed by atoms with Gasteiger partial charge in [0.05, 0.1) is 12.2 Å². The molecule has 166 valence electrons. The molecule has 0 aliphatic heterocycles. The van der Waals surface area contributed by atoms with Gasteiger partial charge in [0.15, 0.2) is 0 Å². The highest BCUT2D eigenvalue weighted by Gasteiger charge is 2.43. The Hall–Kier alpha value is -1.13. The predicted octanol–water partition coefficient (Wildman–Crippen LogP) is 4.71. The van der Waals surface area contributed by atoms with Crippen LogP contribution in [-0.4, -0.2) is 47.3 Å². The third kappa shape index (κ3) is 7.57. The quantitative estimate of drug-likeness (QED) is 0.365. The van der Waals surface area contributed by atoms with Crippen LogP contribution in [0, 0.1) is 23.7 Å². The molecule has 0 spiro atoms. The van der Waals surface area contributed by atoms with Crippen LogP contribution in [-0.2, 0) is 4.79 Å². The van der Waals surface area contributed by atoms with Crippen LogP contribution < -0.4 is 0 Å². The third-order valence-corrected chi connectivity index (χ3v) is 6.84. The zero-order valence-electron chi connectivity index (χ0n) is 19.0. The number of aliphatic hydroxyl groups excluding tert-OH is 2. The van der Waals surface area contributed by atoms with Crippen LogP contribution in [0.3, 0.4) is 0 Å². The molecule has 29 heavy (non-hydrogen) atoms. The van der Waals surface area contributed by atoms with Gasteiger partial charge in [-0.1, -0.05) is 56.9 Å². The fourth-order valence-corrected chi connectivity index (χ4v) is 5.06. The summed E-state index contributed by atoms with van der Waals surface area (Å²) in [4.78, 5) is 13.3. The molecular formula is C25H43NO3. The number of nitrogens with zero attached hydrogens (tertiary/aromatic N) is 1. The van der Waals surface area contributed by atoms with Gasteiger partial charge in [0, 0.05) is 26.4 Å². The van der Waals surface area contributed by atoms with Crippen LogP contribution in [0.1, 0.15) is 78.1 Å². The summed E-state index contributed by atoms with van der Waals surface area (Å²) in [6.07, 6.45) is 15.7. The van der Waals surface area contributed by atoms with E-state index in [-0.39, 0.29) is 17.9 Å².